The number of carbonyl (C=O) groups excluding carboxylic acids is 1. The van der Waals surface area contributed by atoms with Crippen molar-refractivity contribution in [1.82, 2.24) is 0 Å². The number of hydrogen-bond acceptors (Lipinski definition) is 3. The lowest BCUT2D eigenvalue weighted by molar-refractivity contribution is -0.385. The molecular weight excluding hydrogens is 337 g/mol. The molecule has 25 heavy (non-hydrogen) atoms. The standard InChI is InChI=1S/C15H11F3N2O3.C2H6/c1-9-5-6-12(8-13(9)20(22)23)19-14(21)10-3-2-4-11(7-10)15(16,17)18;1-2/h2-8H,1H3,(H,19,21);1-2H3. The number of halogens is 3. The predicted molar refractivity (Wildman–Crippen MR) is 88.6 cm³/mol. The van der Waals surface area contributed by atoms with E-state index in [1.165, 1.54) is 25.1 Å². The van der Waals surface area contributed by atoms with Gasteiger partial charge in [-0.2, -0.15) is 13.2 Å². The van der Waals surface area contributed by atoms with Gasteiger partial charge in [0.2, 0.25) is 0 Å². The highest BCUT2D eigenvalue weighted by Crippen LogP contribution is 2.30. The van der Waals surface area contributed by atoms with E-state index in [0.717, 1.165) is 24.3 Å². The van der Waals surface area contributed by atoms with Gasteiger partial charge in [-0.05, 0) is 31.2 Å². The lowest BCUT2D eigenvalue weighted by Crippen LogP contribution is -2.14. The Morgan fingerprint density at radius 2 is 1.76 bits per heavy atom. The number of amides is 1. The molecule has 0 fully saturated rings. The number of rotatable bonds is 3. The third kappa shape index (κ3) is 5.30. The fraction of sp³-hybridized carbons (Fsp3) is 0.235. The minimum absolute atomic E-state index is 0.129. The van der Waals surface area contributed by atoms with Crippen molar-refractivity contribution in [1.29, 1.82) is 0 Å². The summed E-state index contributed by atoms with van der Waals surface area (Å²) in [5, 5.41) is 13.2. The summed E-state index contributed by atoms with van der Waals surface area (Å²) in [6.07, 6.45) is -4.56. The van der Waals surface area contributed by atoms with Crippen LogP contribution in [0.3, 0.4) is 0 Å². The predicted octanol–water partition coefficient (Wildman–Crippen LogP) is 5.20. The van der Waals surface area contributed by atoms with E-state index in [4.69, 9.17) is 0 Å². The average Bonchev–Trinajstić information content (AvgIpc) is 2.57. The molecule has 0 spiro atoms. The number of aryl methyl sites for hydroxylation is 1. The zero-order valence-electron chi connectivity index (χ0n) is 13.8. The summed E-state index contributed by atoms with van der Waals surface area (Å²) in [7, 11) is 0. The molecule has 0 aliphatic heterocycles. The summed E-state index contributed by atoms with van der Waals surface area (Å²) >= 11 is 0. The van der Waals surface area contributed by atoms with Crippen LogP contribution in [-0.4, -0.2) is 10.8 Å². The molecule has 0 radical (unpaired) electrons. The molecular formula is C17H17F3N2O3. The van der Waals surface area contributed by atoms with Crippen molar-refractivity contribution < 1.29 is 22.9 Å². The Labute approximate surface area is 142 Å². The Bertz CT molecular complexity index is 774. The molecule has 1 amide bonds. The van der Waals surface area contributed by atoms with Crippen molar-refractivity contribution in [3.63, 3.8) is 0 Å². The molecule has 0 saturated heterocycles. The molecule has 0 atom stereocenters. The van der Waals surface area contributed by atoms with E-state index in [-0.39, 0.29) is 16.9 Å². The quantitative estimate of drug-likeness (QED) is 0.608. The fourth-order valence-electron chi connectivity index (χ4n) is 1.92. The largest absolute Gasteiger partial charge is 0.416 e. The van der Waals surface area contributed by atoms with E-state index in [1.807, 2.05) is 13.8 Å². The summed E-state index contributed by atoms with van der Waals surface area (Å²) in [5.74, 6) is -0.783. The molecule has 0 saturated carbocycles. The Morgan fingerprint density at radius 1 is 1.12 bits per heavy atom. The molecule has 2 aromatic rings. The Morgan fingerprint density at radius 3 is 2.32 bits per heavy atom. The van der Waals surface area contributed by atoms with Crippen LogP contribution >= 0.6 is 0 Å². The highest BCUT2D eigenvalue weighted by atomic mass is 19.4. The first kappa shape index (κ1) is 20.1. The van der Waals surface area contributed by atoms with E-state index >= 15 is 0 Å². The van der Waals surface area contributed by atoms with Gasteiger partial charge < -0.3 is 5.32 Å². The van der Waals surface area contributed by atoms with Gasteiger partial charge in [0.1, 0.15) is 0 Å². The Kier molecular flexibility index (Phi) is 6.67. The van der Waals surface area contributed by atoms with Crippen LogP contribution in [0.4, 0.5) is 24.5 Å². The highest BCUT2D eigenvalue weighted by molar-refractivity contribution is 6.04. The molecule has 2 aromatic carbocycles. The maximum atomic E-state index is 12.6. The molecule has 134 valence electrons. The minimum atomic E-state index is -4.56. The monoisotopic (exact) mass is 354 g/mol. The summed E-state index contributed by atoms with van der Waals surface area (Å²) < 4.78 is 37.9. The van der Waals surface area contributed by atoms with Crippen LogP contribution in [-0.2, 0) is 6.18 Å². The van der Waals surface area contributed by atoms with Gasteiger partial charge in [-0.25, -0.2) is 0 Å². The van der Waals surface area contributed by atoms with Gasteiger partial charge in [-0.1, -0.05) is 26.0 Å². The molecule has 0 aromatic heterocycles. The third-order valence-corrected chi connectivity index (χ3v) is 3.12. The van der Waals surface area contributed by atoms with Gasteiger partial charge in [0, 0.05) is 22.9 Å². The van der Waals surface area contributed by atoms with Gasteiger partial charge in [-0.15, -0.1) is 0 Å². The summed E-state index contributed by atoms with van der Waals surface area (Å²) in [5.41, 5.74) is -0.785. The smallest absolute Gasteiger partial charge is 0.322 e. The number of nitrogens with zero attached hydrogens (tertiary/aromatic N) is 1. The third-order valence-electron chi connectivity index (χ3n) is 3.12. The molecule has 0 heterocycles. The first-order valence-corrected chi connectivity index (χ1v) is 7.42. The first-order chi connectivity index (χ1) is 11.7. The second-order valence-electron chi connectivity index (χ2n) is 4.79. The minimum Gasteiger partial charge on any atom is -0.322 e. The number of benzene rings is 2. The van der Waals surface area contributed by atoms with E-state index in [1.54, 1.807) is 0 Å². The maximum Gasteiger partial charge on any atom is 0.416 e. The summed E-state index contributed by atoms with van der Waals surface area (Å²) in [6.45, 7) is 5.54. The molecule has 8 heteroatoms. The number of carbonyl (C=O) groups is 1. The first-order valence-electron chi connectivity index (χ1n) is 7.42. The Balaban J connectivity index is 0.00000151. The average molecular weight is 354 g/mol. The summed E-state index contributed by atoms with van der Waals surface area (Å²) in [6, 6.07) is 7.96. The van der Waals surface area contributed by atoms with Crippen LogP contribution in [0.25, 0.3) is 0 Å². The molecule has 0 aliphatic rings. The molecule has 0 aliphatic carbocycles. The van der Waals surface area contributed by atoms with Crippen LogP contribution in [0, 0.1) is 17.0 Å². The second kappa shape index (κ2) is 8.27. The fourth-order valence-corrected chi connectivity index (χ4v) is 1.92. The van der Waals surface area contributed by atoms with Crippen molar-refractivity contribution in [3.8, 4) is 0 Å². The maximum absolute atomic E-state index is 12.6. The van der Waals surface area contributed by atoms with Crippen molar-refractivity contribution in [3.05, 3.63) is 69.3 Å². The molecule has 0 unspecified atom stereocenters. The number of nitro groups is 1. The van der Waals surface area contributed by atoms with Gasteiger partial charge >= 0.3 is 6.18 Å². The second-order valence-corrected chi connectivity index (χ2v) is 4.79. The van der Waals surface area contributed by atoms with Crippen molar-refractivity contribution in [2.24, 2.45) is 0 Å². The highest BCUT2D eigenvalue weighted by Gasteiger charge is 2.30. The number of alkyl halides is 3. The van der Waals surface area contributed by atoms with Gasteiger partial charge in [0.15, 0.2) is 0 Å². The van der Waals surface area contributed by atoms with Crippen LogP contribution in [0.15, 0.2) is 42.5 Å². The Hall–Kier alpha value is -2.90. The van der Waals surface area contributed by atoms with Crippen LogP contribution in [0.5, 0.6) is 0 Å². The molecule has 0 bridgehead atoms. The van der Waals surface area contributed by atoms with Crippen LogP contribution < -0.4 is 5.32 Å². The molecule has 5 nitrogen and oxygen atoms in total. The number of hydrogen-bond donors (Lipinski definition) is 1. The number of nitro benzene ring substituents is 1. The van der Waals surface area contributed by atoms with Crippen LogP contribution in [0.2, 0.25) is 0 Å². The van der Waals surface area contributed by atoms with E-state index < -0.39 is 22.6 Å². The number of anilines is 1. The zero-order valence-corrected chi connectivity index (χ0v) is 13.8. The lowest BCUT2D eigenvalue weighted by Gasteiger charge is -2.09. The molecule has 2 rings (SSSR count). The molecule has 1 N–H and O–H groups in total. The van der Waals surface area contributed by atoms with Crippen molar-refractivity contribution in [2.75, 3.05) is 5.32 Å². The van der Waals surface area contributed by atoms with Crippen molar-refractivity contribution in [2.45, 2.75) is 26.9 Å². The van der Waals surface area contributed by atoms with Gasteiger partial charge in [0.05, 0.1) is 10.5 Å². The zero-order chi connectivity index (χ0) is 19.2. The lowest BCUT2D eigenvalue weighted by atomic mass is 10.1. The van der Waals surface area contributed by atoms with Gasteiger partial charge in [-0.3, -0.25) is 14.9 Å². The van der Waals surface area contributed by atoms with Crippen LogP contribution in [0.1, 0.15) is 35.3 Å². The van der Waals surface area contributed by atoms with Gasteiger partial charge in [0.25, 0.3) is 11.6 Å². The summed E-state index contributed by atoms with van der Waals surface area (Å²) in [4.78, 5) is 22.3. The van der Waals surface area contributed by atoms with E-state index in [0.29, 0.717) is 5.56 Å². The van der Waals surface area contributed by atoms with Crippen molar-refractivity contribution >= 4 is 17.3 Å². The SMILES string of the molecule is CC.Cc1ccc(NC(=O)c2cccc(C(F)(F)F)c2)cc1[N+](=O)[O-]. The van der Waals surface area contributed by atoms with E-state index in [9.17, 15) is 28.1 Å². The number of nitrogens with one attached hydrogen (secondary N) is 1. The topological polar surface area (TPSA) is 72.2 Å². The van der Waals surface area contributed by atoms with E-state index in [2.05, 4.69) is 5.32 Å². The normalized spacial score (nSPS) is 10.5.